The molecular formula is C25H38N2O5S. The van der Waals surface area contributed by atoms with Crippen molar-refractivity contribution in [3.63, 3.8) is 0 Å². The highest BCUT2D eigenvalue weighted by Gasteiger charge is 2.35. The molecule has 0 aromatic heterocycles. The second-order valence-electron chi connectivity index (χ2n) is 9.01. The van der Waals surface area contributed by atoms with Gasteiger partial charge in [-0.25, -0.2) is 0 Å². The third kappa shape index (κ3) is 9.76. The summed E-state index contributed by atoms with van der Waals surface area (Å²) < 4.78 is 5.48. The number of aryl methyl sites for hydroxylation is 1. The van der Waals surface area contributed by atoms with Crippen LogP contribution in [0.3, 0.4) is 0 Å². The van der Waals surface area contributed by atoms with Gasteiger partial charge in [-0.3, -0.25) is 19.7 Å². The van der Waals surface area contributed by atoms with E-state index in [0.717, 1.165) is 24.8 Å². The first-order chi connectivity index (χ1) is 15.8. The molecule has 1 amide bonds. The SMILES string of the molecule is CCCCOC(=O)C(CCc1ccccc1)NC1CSC(CC(C)C)CN(CC(=O)O)C1=O. The van der Waals surface area contributed by atoms with Crippen LogP contribution in [-0.4, -0.2) is 70.6 Å². The molecule has 0 spiro atoms. The van der Waals surface area contributed by atoms with E-state index in [1.165, 1.54) is 4.90 Å². The minimum absolute atomic E-state index is 0.166. The third-order valence-electron chi connectivity index (χ3n) is 5.59. The first kappa shape index (κ1) is 27.2. The molecule has 0 bridgehead atoms. The number of aliphatic carboxylic acids is 1. The molecule has 3 unspecified atom stereocenters. The van der Waals surface area contributed by atoms with Gasteiger partial charge in [-0.05, 0) is 37.2 Å². The summed E-state index contributed by atoms with van der Waals surface area (Å²) in [7, 11) is 0. The van der Waals surface area contributed by atoms with Gasteiger partial charge in [0.05, 0.1) is 12.6 Å². The molecule has 1 aromatic carbocycles. The Kier molecular flexibility index (Phi) is 11.7. The van der Waals surface area contributed by atoms with Crippen LogP contribution in [-0.2, 0) is 25.5 Å². The summed E-state index contributed by atoms with van der Waals surface area (Å²) in [5, 5.41) is 12.7. The molecule has 1 aliphatic heterocycles. The molecule has 184 valence electrons. The number of amides is 1. The molecule has 33 heavy (non-hydrogen) atoms. The van der Waals surface area contributed by atoms with Crippen LogP contribution in [0.1, 0.15) is 52.0 Å². The zero-order chi connectivity index (χ0) is 24.2. The third-order valence-corrected chi connectivity index (χ3v) is 6.93. The lowest BCUT2D eigenvalue weighted by Gasteiger charge is -2.27. The molecule has 1 heterocycles. The van der Waals surface area contributed by atoms with E-state index in [4.69, 9.17) is 4.74 Å². The van der Waals surface area contributed by atoms with Crippen molar-refractivity contribution in [1.29, 1.82) is 0 Å². The number of nitrogens with one attached hydrogen (secondary N) is 1. The van der Waals surface area contributed by atoms with Crippen molar-refractivity contribution in [2.75, 3.05) is 25.4 Å². The number of carboxylic acid groups (broad SMARTS) is 1. The number of rotatable bonds is 13. The van der Waals surface area contributed by atoms with Gasteiger partial charge in [0.1, 0.15) is 12.6 Å². The minimum Gasteiger partial charge on any atom is -0.480 e. The number of hydrogen-bond acceptors (Lipinski definition) is 6. The average molecular weight is 479 g/mol. The van der Waals surface area contributed by atoms with E-state index in [0.29, 0.717) is 37.7 Å². The van der Waals surface area contributed by atoms with Crippen molar-refractivity contribution in [3.8, 4) is 0 Å². The van der Waals surface area contributed by atoms with Gasteiger partial charge in [0.15, 0.2) is 0 Å². The Labute approximate surface area is 201 Å². The predicted octanol–water partition coefficient (Wildman–Crippen LogP) is 3.36. The number of thioether (sulfide) groups is 1. The molecule has 7 nitrogen and oxygen atoms in total. The summed E-state index contributed by atoms with van der Waals surface area (Å²) >= 11 is 1.67. The number of esters is 1. The molecular weight excluding hydrogens is 440 g/mol. The van der Waals surface area contributed by atoms with Crippen LogP contribution in [0.4, 0.5) is 0 Å². The molecule has 1 aliphatic rings. The normalized spacial score (nSPS) is 19.9. The van der Waals surface area contributed by atoms with Crippen molar-refractivity contribution in [2.45, 2.75) is 70.2 Å². The fourth-order valence-corrected chi connectivity index (χ4v) is 5.40. The minimum atomic E-state index is -1.03. The molecule has 1 fully saturated rings. The first-order valence-electron chi connectivity index (χ1n) is 11.9. The van der Waals surface area contributed by atoms with Crippen LogP contribution in [0.5, 0.6) is 0 Å². The maximum absolute atomic E-state index is 13.2. The van der Waals surface area contributed by atoms with Gasteiger partial charge >= 0.3 is 11.9 Å². The Hall–Kier alpha value is -2.06. The monoisotopic (exact) mass is 478 g/mol. The maximum atomic E-state index is 13.2. The number of carbonyl (C=O) groups excluding carboxylic acids is 2. The van der Waals surface area contributed by atoms with Crippen molar-refractivity contribution in [2.24, 2.45) is 5.92 Å². The van der Waals surface area contributed by atoms with Gasteiger partial charge in [0.25, 0.3) is 0 Å². The Morgan fingerprint density at radius 2 is 2.00 bits per heavy atom. The maximum Gasteiger partial charge on any atom is 0.323 e. The Morgan fingerprint density at radius 3 is 2.64 bits per heavy atom. The summed E-state index contributed by atoms with van der Waals surface area (Å²) in [6.45, 7) is 6.70. The number of unbranched alkanes of at least 4 members (excludes halogenated alkanes) is 1. The van der Waals surface area contributed by atoms with E-state index < -0.39 is 18.1 Å². The number of carboxylic acids is 1. The number of carbonyl (C=O) groups is 3. The van der Waals surface area contributed by atoms with Gasteiger partial charge in [0.2, 0.25) is 5.91 Å². The molecule has 8 heteroatoms. The topological polar surface area (TPSA) is 95.9 Å². The highest BCUT2D eigenvalue weighted by Crippen LogP contribution is 2.25. The first-order valence-corrected chi connectivity index (χ1v) is 12.9. The van der Waals surface area contributed by atoms with Crippen molar-refractivity contribution < 1.29 is 24.2 Å². The number of nitrogens with zero attached hydrogens (tertiary/aromatic N) is 1. The highest BCUT2D eigenvalue weighted by atomic mass is 32.2. The average Bonchev–Trinajstić information content (AvgIpc) is 2.90. The quantitative estimate of drug-likeness (QED) is 0.331. The smallest absolute Gasteiger partial charge is 0.323 e. The Bertz CT molecular complexity index is 758. The largest absolute Gasteiger partial charge is 0.480 e. The lowest BCUT2D eigenvalue weighted by atomic mass is 10.0. The van der Waals surface area contributed by atoms with Gasteiger partial charge in [0, 0.05) is 17.5 Å². The summed E-state index contributed by atoms with van der Waals surface area (Å²) in [6, 6.07) is 8.62. The number of ether oxygens (including phenoxy) is 1. The Balaban J connectivity index is 2.14. The summed E-state index contributed by atoms with van der Waals surface area (Å²) in [4.78, 5) is 38.9. The van der Waals surface area contributed by atoms with Gasteiger partial charge in [-0.1, -0.05) is 57.5 Å². The molecule has 2 rings (SSSR count). The van der Waals surface area contributed by atoms with Crippen LogP contribution in [0.25, 0.3) is 0 Å². The van der Waals surface area contributed by atoms with Crippen LogP contribution < -0.4 is 5.32 Å². The fourth-order valence-electron chi connectivity index (χ4n) is 3.89. The van der Waals surface area contributed by atoms with Gasteiger partial charge in [-0.2, -0.15) is 11.8 Å². The van der Waals surface area contributed by atoms with Crippen LogP contribution >= 0.6 is 11.8 Å². The van der Waals surface area contributed by atoms with Crippen LogP contribution in [0, 0.1) is 5.92 Å². The van der Waals surface area contributed by atoms with Crippen LogP contribution in [0.2, 0.25) is 0 Å². The summed E-state index contributed by atoms with van der Waals surface area (Å²) in [5.41, 5.74) is 1.11. The van der Waals surface area contributed by atoms with Crippen LogP contribution in [0.15, 0.2) is 30.3 Å². The van der Waals surface area contributed by atoms with Crippen molar-refractivity contribution in [1.82, 2.24) is 10.2 Å². The number of benzene rings is 1. The van der Waals surface area contributed by atoms with E-state index >= 15 is 0 Å². The summed E-state index contributed by atoms with van der Waals surface area (Å²) in [6.07, 6.45) is 3.78. The number of hydrogen-bond donors (Lipinski definition) is 2. The van der Waals surface area contributed by atoms with Crippen molar-refractivity contribution >= 4 is 29.6 Å². The second-order valence-corrected chi connectivity index (χ2v) is 10.3. The lowest BCUT2D eigenvalue weighted by molar-refractivity contribution is -0.148. The lowest BCUT2D eigenvalue weighted by Crippen LogP contribution is -2.54. The molecule has 0 radical (unpaired) electrons. The molecule has 1 saturated heterocycles. The Morgan fingerprint density at radius 1 is 1.27 bits per heavy atom. The highest BCUT2D eigenvalue weighted by molar-refractivity contribution is 8.00. The standard InChI is InChI=1S/C25H38N2O5S/c1-4-5-13-32-25(31)21(12-11-19-9-7-6-8-10-19)26-22-17-33-20(14-18(2)3)15-27(24(22)30)16-23(28)29/h6-10,18,20-22,26H,4-5,11-17H2,1-3H3,(H,28,29). The fraction of sp³-hybridized carbons (Fsp3) is 0.640. The summed E-state index contributed by atoms with van der Waals surface area (Å²) in [5.74, 6) is -0.707. The van der Waals surface area contributed by atoms with Gasteiger partial charge < -0.3 is 14.7 Å². The molecule has 2 N–H and O–H groups in total. The zero-order valence-corrected chi connectivity index (χ0v) is 20.8. The van der Waals surface area contributed by atoms with Gasteiger partial charge in [-0.15, -0.1) is 0 Å². The zero-order valence-electron chi connectivity index (χ0n) is 20.0. The van der Waals surface area contributed by atoms with E-state index in [2.05, 4.69) is 19.2 Å². The second kappa shape index (κ2) is 14.3. The molecule has 0 saturated carbocycles. The predicted molar refractivity (Wildman–Crippen MR) is 131 cm³/mol. The van der Waals surface area contributed by atoms with E-state index in [9.17, 15) is 19.5 Å². The van der Waals surface area contributed by atoms with E-state index in [-0.39, 0.29) is 23.7 Å². The van der Waals surface area contributed by atoms with Crippen molar-refractivity contribution in [3.05, 3.63) is 35.9 Å². The molecule has 0 aliphatic carbocycles. The molecule has 3 atom stereocenters. The van der Waals surface area contributed by atoms with E-state index in [1.807, 2.05) is 37.3 Å². The molecule has 1 aromatic rings. The van der Waals surface area contributed by atoms with E-state index in [1.54, 1.807) is 11.8 Å².